The van der Waals surface area contributed by atoms with E-state index >= 15 is 4.11 Å². The molecule has 2 rings (SSSR count). The van der Waals surface area contributed by atoms with Crippen molar-refractivity contribution in [1.29, 1.82) is 0 Å². The normalized spacial score (nSPS) is 15.6. The first-order valence-corrected chi connectivity index (χ1v) is 34.9. The lowest BCUT2D eigenvalue weighted by atomic mass is 10.1. The van der Waals surface area contributed by atoms with Gasteiger partial charge in [-0.25, -0.2) is 24.0 Å². The molecule has 102 heavy (non-hydrogen) atoms. The molecule has 0 bridgehead atoms. The van der Waals surface area contributed by atoms with Crippen LogP contribution in [0.3, 0.4) is 0 Å². The number of unbranched alkanes of at least 4 members (excludes halogenated alkanes) is 1. The molecule has 1 saturated heterocycles. The summed E-state index contributed by atoms with van der Waals surface area (Å²) in [5.41, 5.74) is -0.0342. The fourth-order valence-electron chi connectivity index (χ4n) is 11.3. The van der Waals surface area contributed by atoms with Crippen LogP contribution in [0.25, 0.3) is 0 Å². The Hall–Kier alpha value is -9.47. The highest BCUT2D eigenvalue weighted by Crippen LogP contribution is 2.51. The molecule has 1 aliphatic rings. The Morgan fingerprint density at radius 1 is 0.412 bits per heavy atom. The van der Waals surface area contributed by atoms with Crippen LogP contribution in [-0.2, 0) is 67.1 Å². The molecule has 37 nitrogen and oxygen atoms in total. The van der Waals surface area contributed by atoms with Gasteiger partial charge in [-0.2, -0.15) is 0 Å². The second-order valence-corrected chi connectivity index (χ2v) is 31.5. The van der Waals surface area contributed by atoms with Crippen molar-refractivity contribution >= 4 is 109 Å². The summed E-state index contributed by atoms with van der Waals surface area (Å²) < 4.78 is 17.2. The lowest BCUT2D eigenvalue weighted by Crippen LogP contribution is -2.58. The fourth-order valence-corrected chi connectivity index (χ4v) is 16.0. The van der Waals surface area contributed by atoms with Gasteiger partial charge in [0, 0.05) is 110 Å². The predicted molar refractivity (Wildman–Crippen MR) is 359 cm³/mol. The largest absolute Gasteiger partial charge is 0.481 e. The molecule has 0 unspecified atom stereocenters. The Labute approximate surface area is 588 Å². The fraction of sp³-hybridized carbons (Fsp3) is 0.651. The van der Waals surface area contributed by atoms with Gasteiger partial charge < -0.3 is 92.6 Å². The molecule has 17 N–H and O–H groups in total. The number of hydrogen-bond donors (Lipinski definition) is 17. The summed E-state index contributed by atoms with van der Waals surface area (Å²) in [4.78, 5) is 204. The maximum atomic E-state index is 17.2. The molecule has 0 aliphatic carbocycles. The van der Waals surface area contributed by atoms with Crippen LogP contribution in [0, 0.1) is 0 Å². The first-order valence-electron chi connectivity index (χ1n) is 33.0. The van der Waals surface area contributed by atoms with Gasteiger partial charge in [0.2, 0.25) is 29.5 Å². The molecule has 1 aliphatic heterocycles. The number of carboxylic acids is 9. The summed E-state index contributed by atoms with van der Waals surface area (Å²) in [5, 5.41) is 104. The molecule has 0 spiro atoms. The highest BCUT2D eigenvalue weighted by Gasteiger charge is 2.56. The third kappa shape index (κ3) is 32.9. The van der Waals surface area contributed by atoms with Crippen LogP contribution in [0.15, 0.2) is 24.3 Å². The second-order valence-electron chi connectivity index (χ2n) is 26.6. The maximum absolute atomic E-state index is 17.2. The summed E-state index contributed by atoms with van der Waals surface area (Å²) in [6.07, 6.45) is -4.07. The number of rotatable bonds is 43. The zero-order valence-electron chi connectivity index (χ0n) is 58.1. The van der Waals surface area contributed by atoms with E-state index in [4.69, 9.17) is 5.11 Å². The van der Waals surface area contributed by atoms with Gasteiger partial charge in [-0.05, 0) is 78.8 Å². The first kappa shape index (κ1) is 88.6. The monoisotopic (exact) mass is 1470 g/mol. The van der Waals surface area contributed by atoms with E-state index in [2.05, 4.69) is 31.9 Å². The van der Waals surface area contributed by atoms with Crippen LogP contribution in [0.4, 0.5) is 8.90 Å². The lowest BCUT2D eigenvalue weighted by Gasteiger charge is -2.44. The highest BCUT2D eigenvalue weighted by molar-refractivity contribution is 6.90. The molecule has 1 fully saturated rings. The van der Waals surface area contributed by atoms with Crippen LogP contribution in [0.5, 0.6) is 0 Å². The zero-order chi connectivity index (χ0) is 77.2. The maximum Gasteiger partial charge on any atom is 0.326 e. The van der Waals surface area contributed by atoms with Crippen molar-refractivity contribution < 1.29 is 127 Å². The smallest absolute Gasteiger partial charge is 0.326 e. The number of benzene rings is 1. The molecular weight excluding hydrogens is 1370 g/mol. The topological polar surface area (TPSA) is 564 Å². The van der Waals surface area contributed by atoms with Crippen molar-refractivity contribution in [3.63, 3.8) is 0 Å². The molecule has 6 atom stereocenters. The second kappa shape index (κ2) is 43.4. The van der Waals surface area contributed by atoms with Gasteiger partial charge in [-0.15, -0.1) is 0 Å². The number of carboxylic acid groups (broad SMARTS) is 9. The number of halogens is 1. The van der Waals surface area contributed by atoms with Crippen LogP contribution in [0.2, 0.25) is 10.1 Å². The Morgan fingerprint density at radius 3 is 1.23 bits per heavy atom. The van der Waals surface area contributed by atoms with Gasteiger partial charge in [-0.3, -0.25) is 72.3 Å². The van der Waals surface area contributed by atoms with Crippen LogP contribution in [-0.4, -0.2) is 297 Å². The van der Waals surface area contributed by atoms with Crippen molar-refractivity contribution in [2.24, 2.45) is 0 Å². The van der Waals surface area contributed by atoms with Gasteiger partial charge in [0.25, 0.3) is 14.3 Å². The van der Waals surface area contributed by atoms with Crippen molar-refractivity contribution in [3.8, 4) is 0 Å². The average molecular weight is 1470 g/mol. The molecule has 572 valence electrons. The van der Waals surface area contributed by atoms with E-state index in [1.165, 1.54) is 43.9 Å². The number of nitrogens with one attached hydrogen (secondary N) is 8. The molecule has 1 aromatic carbocycles. The first-order chi connectivity index (χ1) is 47.5. The van der Waals surface area contributed by atoms with E-state index in [9.17, 15) is 118 Å². The van der Waals surface area contributed by atoms with Gasteiger partial charge in [0.05, 0.1) is 19.6 Å². The summed E-state index contributed by atoms with van der Waals surface area (Å²) in [6.45, 7) is 8.55. The molecule has 8 amide bonds. The molecule has 0 radical (unpaired) electrons. The van der Waals surface area contributed by atoms with E-state index < -0.39 is 208 Å². The molecule has 0 aromatic heterocycles. The number of aliphatic carboxylic acids is 9. The van der Waals surface area contributed by atoms with E-state index in [0.29, 0.717) is 5.19 Å². The Morgan fingerprint density at radius 2 is 0.804 bits per heavy atom. The molecular formula is C63H99FN12O25Si. The minimum absolute atomic E-state index is 0.000572. The third-order valence-corrected chi connectivity index (χ3v) is 21.9. The van der Waals surface area contributed by atoms with Crippen LogP contribution >= 0.6 is 0 Å². The van der Waals surface area contributed by atoms with Gasteiger partial charge >= 0.3 is 59.8 Å². The number of urea groups is 1. The Kier molecular flexibility index (Phi) is 37.7. The van der Waals surface area contributed by atoms with Crippen molar-refractivity contribution in [1.82, 2.24) is 62.1 Å². The lowest BCUT2D eigenvalue weighted by molar-refractivity contribution is -0.145. The Bertz CT molecular complexity index is 3050. The minimum Gasteiger partial charge on any atom is -0.481 e. The number of amides is 8. The van der Waals surface area contributed by atoms with Gasteiger partial charge in [0.15, 0.2) is 0 Å². The molecule has 39 heteroatoms. The van der Waals surface area contributed by atoms with Crippen LogP contribution in [0.1, 0.15) is 135 Å². The summed E-state index contributed by atoms with van der Waals surface area (Å²) in [5.74, 6) is -17.4. The van der Waals surface area contributed by atoms with Crippen molar-refractivity contribution in [2.45, 2.75) is 171 Å². The summed E-state index contributed by atoms with van der Waals surface area (Å²) in [6, 6.07) is -5.23. The molecule has 1 heterocycles. The number of hydrogen-bond acceptors (Lipinski definition) is 20. The highest BCUT2D eigenvalue weighted by atomic mass is 28.4. The summed E-state index contributed by atoms with van der Waals surface area (Å²) in [7, 11) is -3.81. The van der Waals surface area contributed by atoms with E-state index in [0.717, 1.165) is 0 Å². The molecule has 0 saturated carbocycles. The van der Waals surface area contributed by atoms with Gasteiger partial charge in [0.1, 0.15) is 36.3 Å². The molecule has 1 aromatic rings. The standard InChI is InChI=1S/C63H99FN12O25Si/c1-62(2,3)102(64,63(4,5)6)39-14-12-38(13-15-39)54(89)70-44(34-67-48(79)20-18-45(60(99)100)76-32-30-74(36-52(85)86)28-26-73(35-51(83)84)27-29-75(31-33-76)37-53(87)88)55(90)69-41(57(93)94)10-7-8-24-65-46(77)21-22-47(78)66-25-9-11-40(56(91)92)68-49(80)19-16-42(58(95)96)71-61(101)72-43(59(97)98)17-23-50(81)82/h12-15,40-45H,7-11,16-37H2,1-6H3,(H,65,77)(H,66,78)(H,67,79)(H,68,80)(H,69,90)(H,70,89)(H,81,82)(H,83,84)(H,85,86)(H,87,88)(H,91,92)(H,93,94)(H,95,96)(H,97,98)(H,99,100)(H2,71,72,101)/t40-,41-,42+,43+,44-,45+/m1/s1. The Balaban J connectivity index is 2.13. The summed E-state index contributed by atoms with van der Waals surface area (Å²) >= 11 is 0. The number of carbonyl (C=O) groups is 16. The number of carbonyl (C=O) groups excluding carboxylic acids is 7. The van der Waals surface area contributed by atoms with E-state index in [1.54, 1.807) is 41.5 Å². The quantitative estimate of drug-likeness (QED) is 0.0197. The van der Waals surface area contributed by atoms with Gasteiger partial charge in [-0.1, -0.05) is 53.7 Å². The van der Waals surface area contributed by atoms with E-state index in [-0.39, 0.29) is 122 Å². The van der Waals surface area contributed by atoms with Crippen molar-refractivity contribution in [2.75, 3.05) is 91.6 Å². The minimum atomic E-state index is -3.81. The van der Waals surface area contributed by atoms with Crippen molar-refractivity contribution in [3.05, 3.63) is 29.8 Å². The zero-order valence-corrected chi connectivity index (χ0v) is 59.1. The third-order valence-electron chi connectivity index (χ3n) is 16.6. The van der Waals surface area contributed by atoms with Crippen LogP contribution < -0.4 is 47.7 Å². The van der Waals surface area contributed by atoms with E-state index in [1.807, 2.05) is 10.6 Å². The SMILES string of the molecule is CC(C)(C)[Si](F)(c1ccc(C(=O)N[C@H](CNC(=O)CC[C@@H](C(=O)O)N2CCN(CC(=O)O)CCN(CC(=O)O)CCN(CC(=O)O)CC2)C(=O)N[C@H](CCCCNC(=O)CCC(=O)NCCC[C@@H](NC(=O)CC[C@H](NC(=O)N[C@@H](CCC(=O)O)C(=O)O)C(=O)O)C(=O)O)C(=O)O)cc1)C(C)(C)C. The number of nitrogens with zero attached hydrogens (tertiary/aromatic N) is 4. The predicted octanol–water partition coefficient (Wildman–Crippen LogP) is -1.72. The average Bonchev–Trinajstić information content (AvgIpc) is 0.748.